The van der Waals surface area contributed by atoms with Crippen LogP contribution in [0.1, 0.15) is 130 Å². The number of phenols is 2. The minimum Gasteiger partial charge on any atom is -0.507 e. The van der Waals surface area contributed by atoms with E-state index in [1.54, 1.807) is 4.90 Å². The van der Waals surface area contributed by atoms with Crippen LogP contribution in [0.15, 0.2) is 52.4 Å². The van der Waals surface area contributed by atoms with Crippen molar-refractivity contribution in [2.24, 2.45) is 9.98 Å². The number of quaternary nitrogens is 1. The molecule has 1 fully saturated rings. The fourth-order valence-corrected chi connectivity index (χ4v) is 8.74. The van der Waals surface area contributed by atoms with Crippen molar-refractivity contribution < 1.29 is 56.3 Å². The van der Waals surface area contributed by atoms with E-state index >= 15 is 0 Å². The molecule has 0 amide bonds. The van der Waals surface area contributed by atoms with Gasteiger partial charge in [0.25, 0.3) is 0 Å². The second-order valence-corrected chi connectivity index (χ2v) is 19.1. The third-order valence-corrected chi connectivity index (χ3v) is 12.2. The zero-order valence-electron chi connectivity index (χ0n) is 38.2. The van der Waals surface area contributed by atoms with Gasteiger partial charge in [-0.25, -0.2) is 24.0 Å². The van der Waals surface area contributed by atoms with Crippen molar-refractivity contribution in [3.63, 3.8) is 0 Å². The molecule has 1 saturated heterocycles. The number of benzene rings is 3. The fourth-order valence-electron chi connectivity index (χ4n) is 8.74. The summed E-state index contributed by atoms with van der Waals surface area (Å²) >= 11 is 0. The van der Waals surface area contributed by atoms with Crippen LogP contribution in [-0.4, -0.2) is 113 Å². The summed E-state index contributed by atoms with van der Waals surface area (Å²) in [6.45, 7) is 20.4. The Hall–Kier alpha value is -4.52. The molecule has 4 aliphatic heterocycles. The van der Waals surface area contributed by atoms with Gasteiger partial charge in [-0.3, -0.25) is 9.98 Å². The Balaban J connectivity index is 0.00000113. The summed E-state index contributed by atoms with van der Waals surface area (Å²) in [7, 11) is 2.28. The van der Waals surface area contributed by atoms with E-state index in [1.165, 1.54) is 92.2 Å². The molecule has 339 valence electrons. The molecule has 12 heteroatoms. The number of hydrogen-bond donors (Lipinski definition) is 5. The molecule has 6 bridgehead atoms. The number of aliphatic carboxylic acids is 2. The predicted molar refractivity (Wildman–Crippen MR) is 245 cm³/mol. The van der Waals surface area contributed by atoms with Crippen LogP contribution in [-0.2, 0) is 69.3 Å². The molecular weight excluding hydrogens is 826 g/mol. The van der Waals surface area contributed by atoms with Crippen molar-refractivity contribution in [2.75, 3.05) is 52.9 Å². The van der Waals surface area contributed by atoms with Gasteiger partial charge in [-0.15, -0.1) is 0 Å². The van der Waals surface area contributed by atoms with E-state index in [2.05, 4.69) is 106 Å². The normalized spacial score (nSPS) is 17.5. The number of carbonyl (C=O) groups is 2. The summed E-state index contributed by atoms with van der Waals surface area (Å²) in [4.78, 5) is 31.9. The van der Waals surface area contributed by atoms with Gasteiger partial charge < -0.3 is 20.4 Å². The number of phenolic OH excluding ortho intramolecular Hbond substituents is 2. The van der Waals surface area contributed by atoms with Crippen LogP contribution < -0.4 is 4.90 Å². The van der Waals surface area contributed by atoms with Gasteiger partial charge in [0.15, 0.2) is 0 Å². The first-order valence-electron chi connectivity index (χ1n) is 22.4. The van der Waals surface area contributed by atoms with E-state index < -0.39 is 11.9 Å². The zero-order chi connectivity index (χ0) is 44.3. The van der Waals surface area contributed by atoms with E-state index in [0.29, 0.717) is 24.6 Å². The van der Waals surface area contributed by atoms with Crippen LogP contribution in [0.25, 0.3) is 0 Å². The number of nitrogens with one attached hydrogen (secondary N) is 1. The number of fused-ring (bicyclic) bond motifs is 10. The summed E-state index contributed by atoms with van der Waals surface area (Å²) < 4.78 is 2.51. The first-order chi connectivity index (χ1) is 28.9. The standard InChI is InChI=1S/C48H67N5O2.C2H2O4.Co/c1-47(2,3)42-29-38-17-10-14-35-19-20-36(37(28-35)15-8-9-24-52-26-13-27-53-25-12-23-51(7)46(52)53)16-11-18-39-30-43(48(4,5)6)32-41(45(39)55)34-50-22-21-49-33-40(31-42)44(38)54;3-1(4)2(5)6;/h19-20,28-34H,8-18,21-27H2,1-7H3,(H-,49,50,54,55);(H,3,4)(H,5,6);/p+2. The number of unbranched alkanes of at least 4 members (excludes halogenated alkanes) is 1. The quantitative estimate of drug-likeness (QED) is 0.114. The number of aryl methyl sites for hydroxylation is 5. The SMILES string of the molecule is C[N+]1=C2N(CCC1)CCC[NH+]2CCCCc1cc2ccc1CCCc1cc(C(C)(C)C)cc(c1O)C=NCCN=Cc1cc(C(C)(C)C)cc(c1O)CCC2.O=C(O)C(=O)O.[Co]. The molecule has 62 heavy (non-hydrogen) atoms. The Kier molecular flexibility index (Phi) is 18.4. The summed E-state index contributed by atoms with van der Waals surface area (Å²) in [6, 6.07) is 15.8. The molecule has 1 radical (unpaired) electrons. The Bertz CT molecular complexity index is 2100. The molecule has 0 aliphatic carbocycles. The number of hydrogen-bond acceptors (Lipinski definition) is 7. The zero-order valence-corrected chi connectivity index (χ0v) is 39.2. The number of carboxylic acids is 2. The molecule has 1 unspecified atom stereocenters. The number of carboxylic acid groups (broad SMARTS) is 2. The maximum Gasteiger partial charge on any atom is 0.444 e. The van der Waals surface area contributed by atoms with Gasteiger partial charge in [0.2, 0.25) is 0 Å². The summed E-state index contributed by atoms with van der Waals surface area (Å²) in [5.74, 6) is -1.44. The molecule has 1 atom stereocenters. The topological polar surface area (TPSA) is 150 Å². The van der Waals surface area contributed by atoms with Gasteiger partial charge in [0.05, 0.1) is 52.9 Å². The number of rotatable bonds is 5. The molecular formula is C50H71CoN5O6+2. The number of nitrogens with zero attached hydrogens (tertiary/aromatic N) is 4. The van der Waals surface area contributed by atoms with Gasteiger partial charge in [-0.2, -0.15) is 0 Å². The maximum absolute atomic E-state index is 11.5. The minimum atomic E-state index is -1.82. The maximum atomic E-state index is 11.5. The monoisotopic (exact) mass is 896 g/mol. The van der Waals surface area contributed by atoms with Crippen molar-refractivity contribution in [2.45, 2.75) is 123 Å². The largest absolute Gasteiger partial charge is 0.507 e. The average molecular weight is 897 g/mol. The predicted octanol–water partition coefficient (Wildman–Crippen LogP) is 6.36. The Morgan fingerprint density at radius 2 is 1.24 bits per heavy atom. The van der Waals surface area contributed by atoms with E-state index in [1.807, 2.05) is 12.4 Å². The molecule has 4 aliphatic rings. The van der Waals surface area contributed by atoms with Crippen molar-refractivity contribution in [3.8, 4) is 11.5 Å². The van der Waals surface area contributed by atoms with Crippen LogP contribution in [0.2, 0.25) is 0 Å². The first kappa shape index (κ1) is 50.1. The van der Waals surface area contributed by atoms with Gasteiger partial charge in [-0.1, -0.05) is 71.9 Å². The molecule has 4 heterocycles. The van der Waals surface area contributed by atoms with E-state index in [4.69, 9.17) is 24.8 Å². The van der Waals surface area contributed by atoms with Crippen molar-refractivity contribution in [1.29, 1.82) is 0 Å². The fraction of sp³-hybridized carbons (Fsp3) is 0.540. The van der Waals surface area contributed by atoms with Crippen LogP contribution >= 0.6 is 0 Å². The molecule has 11 nitrogen and oxygen atoms in total. The minimum absolute atomic E-state index is 0. The number of aromatic hydroxyl groups is 2. The second-order valence-electron chi connectivity index (χ2n) is 19.1. The Morgan fingerprint density at radius 3 is 1.79 bits per heavy atom. The summed E-state index contributed by atoms with van der Waals surface area (Å²) in [5, 5.41) is 37.7. The molecule has 0 aromatic heterocycles. The third-order valence-electron chi connectivity index (χ3n) is 12.2. The second kappa shape index (κ2) is 22.7. The van der Waals surface area contributed by atoms with Gasteiger partial charge in [0, 0.05) is 53.2 Å². The number of aliphatic imine (C=N–C) groups is 2. The molecule has 7 rings (SSSR count). The van der Waals surface area contributed by atoms with Crippen molar-refractivity contribution in [3.05, 3.63) is 92.5 Å². The van der Waals surface area contributed by atoms with E-state index in [-0.39, 0.29) is 27.6 Å². The molecule has 5 N–H and O–H groups in total. The molecule has 3 aromatic rings. The van der Waals surface area contributed by atoms with Crippen molar-refractivity contribution in [1.82, 2.24) is 4.90 Å². The van der Waals surface area contributed by atoms with Gasteiger partial charge in [-0.05, 0) is 120 Å². The van der Waals surface area contributed by atoms with Crippen LogP contribution in [0, 0.1) is 0 Å². The third kappa shape index (κ3) is 14.0. The first-order valence-corrected chi connectivity index (χ1v) is 22.4. The van der Waals surface area contributed by atoms with E-state index in [9.17, 15) is 10.2 Å². The van der Waals surface area contributed by atoms with E-state index in [0.717, 1.165) is 67.2 Å². The Labute approximate surface area is 379 Å². The van der Waals surface area contributed by atoms with Crippen LogP contribution in [0.3, 0.4) is 0 Å². The molecule has 0 saturated carbocycles. The number of guanidine groups is 1. The molecule has 3 aromatic carbocycles. The van der Waals surface area contributed by atoms with Crippen molar-refractivity contribution >= 4 is 30.3 Å². The molecule has 0 spiro atoms. The smallest absolute Gasteiger partial charge is 0.444 e. The summed E-state index contributed by atoms with van der Waals surface area (Å²) in [5.41, 5.74) is 10.2. The van der Waals surface area contributed by atoms with Crippen LogP contribution in [0.5, 0.6) is 11.5 Å². The average Bonchev–Trinajstić information content (AvgIpc) is 3.19. The van der Waals surface area contributed by atoms with Gasteiger partial charge in [0.1, 0.15) is 11.5 Å². The Morgan fingerprint density at radius 1 is 0.710 bits per heavy atom. The van der Waals surface area contributed by atoms with Gasteiger partial charge >= 0.3 is 17.9 Å². The van der Waals surface area contributed by atoms with Crippen LogP contribution in [0.4, 0.5) is 0 Å². The summed E-state index contributed by atoms with van der Waals surface area (Å²) in [6.07, 6.45) is 15.2.